The van der Waals surface area contributed by atoms with Crippen molar-refractivity contribution in [3.05, 3.63) is 51.4 Å². The summed E-state index contributed by atoms with van der Waals surface area (Å²) in [5.74, 6) is -3.52. The van der Waals surface area contributed by atoms with Gasteiger partial charge < -0.3 is 11.1 Å². The largest absolute Gasteiger partial charge is 0.365 e. The molecule has 5 nitrogen and oxygen atoms in total. The number of nitrogens with zero attached hydrogens (tertiary/aromatic N) is 1. The molecule has 0 saturated carbocycles. The van der Waals surface area contributed by atoms with Crippen LogP contribution in [0.15, 0.2) is 18.2 Å². The maximum Gasteiger partial charge on any atom is 0.262 e. The molecule has 2 heterocycles. The fourth-order valence-corrected chi connectivity index (χ4v) is 4.25. The standard InChI is InChI=1S/C17H17F2N3O2S/c1-2-22-7-6-9-12(8-22)25-17(13(9)15(20)23)21-16(24)14-10(18)4-3-5-11(14)19/h3-5H,2,6-8H2,1H3,(H2,20,23)(H,21,24). The highest BCUT2D eigenvalue weighted by molar-refractivity contribution is 7.17. The lowest BCUT2D eigenvalue weighted by Crippen LogP contribution is -2.30. The third kappa shape index (κ3) is 3.27. The summed E-state index contributed by atoms with van der Waals surface area (Å²) in [7, 11) is 0. The minimum atomic E-state index is -0.961. The van der Waals surface area contributed by atoms with E-state index in [0.29, 0.717) is 13.0 Å². The van der Waals surface area contributed by atoms with Crippen LogP contribution >= 0.6 is 11.3 Å². The number of nitrogens with two attached hydrogens (primary N) is 1. The van der Waals surface area contributed by atoms with Crippen LogP contribution in [0.3, 0.4) is 0 Å². The van der Waals surface area contributed by atoms with Crippen LogP contribution < -0.4 is 11.1 Å². The van der Waals surface area contributed by atoms with Crippen LogP contribution in [0.2, 0.25) is 0 Å². The highest BCUT2D eigenvalue weighted by Crippen LogP contribution is 2.37. The van der Waals surface area contributed by atoms with E-state index >= 15 is 0 Å². The molecule has 25 heavy (non-hydrogen) atoms. The Balaban J connectivity index is 1.96. The zero-order valence-corrected chi connectivity index (χ0v) is 14.4. The summed E-state index contributed by atoms with van der Waals surface area (Å²) in [6.45, 7) is 4.35. The van der Waals surface area contributed by atoms with E-state index in [9.17, 15) is 18.4 Å². The fraction of sp³-hybridized carbons (Fsp3) is 0.294. The van der Waals surface area contributed by atoms with Crippen molar-refractivity contribution in [2.75, 3.05) is 18.4 Å². The molecule has 0 saturated heterocycles. The van der Waals surface area contributed by atoms with Gasteiger partial charge in [-0.1, -0.05) is 13.0 Å². The number of fused-ring (bicyclic) bond motifs is 1. The lowest BCUT2D eigenvalue weighted by atomic mass is 10.0. The molecular weight excluding hydrogens is 348 g/mol. The second-order valence-corrected chi connectivity index (χ2v) is 6.85. The molecule has 0 spiro atoms. The summed E-state index contributed by atoms with van der Waals surface area (Å²) in [5.41, 5.74) is 5.85. The van der Waals surface area contributed by atoms with Crippen molar-refractivity contribution >= 4 is 28.2 Å². The molecule has 1 aromatic carbocycles. The van der Waals surface area contributed by atoms with Crippen LogP contribution in [-0.4, -0.2) is 29.8 Å². The monoisotopic (exact) mass is 365 g/mol. The van der Waals surface area contributed by atoms with E-state index in [1.54, 1.807) is 0 Å². The number of amides is 2. The smallest absolute Gasteiger partial charge is 0.262 e. The third-order valence-electron chi connectivity index (χ3n) is 4.25. The average Bonchev–Trinajstić information content (AvgIpc) is 2.91. The van der Waals surface area contributed by atoms with E-state index in [4.69, 9.17) is 5.73 Å². The average molecular weight is 365 g/mol. The molecule has 3 rings (SSSR count). The number of rotatable bonds is 4. The zero-order chi connectivity index (χ0) is 18.1. The first-order valence-corrected chi connectivity index (χ1v) is 8.66. The van der Waals surface area contributed by atoms with Crippen molar-refractivity contribution in [2.24, 2.45) is 5.73 Å². The Morgan fingerprint density at radius 2 is 1.96 bits per heavy atom. The SMILES string of the molecule is CCN1CCc2c(sc(NC(=O)c3c(F)cccc3F)c2C(N)=O)C1. The van der Waals surface area contributed by atoms with Gasteiger partial charge in [0.05, 0.1) is 5.56 Å². The summed E-state index contributed by atoms with van der Waals surface area (Å²) in [6.07, 6.45) is 0.641. The Kier molecular flexibility index (Phi) is 4.82. The van der Waals surface area contributed by atoms with E-state index < -0.39 is 29.0 Å². The Labute approximate surface area is 147 Å². The van der Waals surface area contributed by atoms with Gasteiger partial charge in [-0.05, 0) is 30.7 Å². The number of benzene rings is 1. The normalized spacial score (nSPS) is 14.2. The van der Waals surface area contributed by atoms with Crippen molar-refractivity contribution < 1.29 is 18.4 Å². The molecule has 0 unspecified atom stereocenters. The number of carbonyl (C=O) groups excluding carboxylic acids is 2. The number of carbonyl (C=O) groups is 2. The number of primary amides is 1. The zero-order valence-electron chi connectivity index (χ0n) is 13.6. The molecule has 8 heteroatoms. The molecule has 0 fully saturated rings. The summed E-state index contributed by atoms with van der Waals surface area (Å²) >= 11 is 1.22. The molecule has 2 aromatic rings. The number of thiophene rings is 1. The Morgan fingerprint density at radius 1 is 1.28 bits per heavy atom. The molecule has 0 atom stereocenters. The lowest BCUT2D eigenvalue weighted by Gasteiger charge is -2.25. The predicted molar refractivity (Wildman–Crippen MR) is 91.8 cm³/mol. The first-order valence-electron chi connectivity index (χ1n) is 7.84. The van der Waals surface area contributed by atoms with Crippen LogP contribution in [0.5, 0.6) is 0 Å². The van der Waals surface area contributed by atoms with E-state index in [-0.39, 0.29) is 10.6 Å². The van der Waals surface area contributed by atoms with Crippen molar-refractivity contribution in [3.63, 3.8) is 0 Å². The van der Waals surface area contributed by atoms with Gasteiger partial charge in [0.25, 0.3) is 11.8 Å². The van der Waals surface area contributed by atoms with Gasteiger partial charge in [0.15, 0.2) is 0 Å². The van der Waals surface area contributed by atoms with Gasteiger partial charge in [-0.3, -0.25) is 14.5 Å². The Morgan fingerprint density at radius 3 is 2.56 bits per heavy atom. The van der Waals surface area contributed by atoms with Gasteiger partial charge in [0.1, 0.15) is 22.2 Å². The number of anilines is 1. The summed E-state index contributed by atoms with van der Waals surface area (Å²) in [6, 6.07) is 3.19. The minimum Gasteiger partial charge on any atom is -0.365 e. The summed E-state index contributed by atoms with van der Waals surface area (Å²) < 4.78 is 27.6. The van der Waals surface area contributed by atoms with Gasteiger partial charge in [-0.25, -0.2) is 8.78 Å². The van der Waals surface area contributed by atoms with Crippen molar-refractivity contribution in [3.8, 4) is 0 Å². The Hall–Kier alpha value is -2.32. The number of nitrogens with one attached hydrogen (secondary N) is 1. The fourth-order valence-electron chi connectivity index (χ4n) is 2.96. The van der Waals surface area contributed by atoms with E-state index in [0.717, 1.165) is 35.7 Å². The lowest BCUT2D eigenvalue weighted by molar-refractivity contribution is 0.1000. The Bertz CT molecular complexity index is 830. The number of hydrogen-bond acceptors (Lipinski definition) is 4. The highest BCUT2D eigenvalue weighted by Gasteiger charge is 2.28. The molecule has 1 aliphatic heterocycles. The molecule has 1 aliphatic rings. The maximum absolute atomic E-state index is 13.8. The maximum atomic E-state index is 13.8. The molecule has 132 valence electrons. The molecule has 1 aromatic heterocycles. The quantitative estimate of drug-likeness (QED) is 0.875. The van der Waals surface area contributed by atoms with E-state index in [1.807, 2.05) is 6.92 Å². The van der Waals surface area contributed by atoms with Gasteiger partial charge in [0, 0.05) is 18.0 Å². The third-order valence-corrected chi connectivity index (χ3v) is 5.38. The van der Waals surface area contributed by atoms with Crippen LogP contribution in [0, 0.1) is 11.6 Å². The van der Waals surface area contributed by atoms with E-state index in [2.05, 4.69) is 10.2 Å². The van der Waals surface area contributed by atoms with Crippen LogP contribution in [0.25, 0.3) is 0 Å². The molecule has 3 N–H and O–H groups in total. The molecule has 2 amide bonds. The number of likely N-dealkylation sites (N-methyl/N-ethyl adjacent to an activating group) is 1. The van der Waals surface area contributed by atoms with Crippen LogP contribution in [0.4, 0.5) is 13.8 Å². The van der Waals surface area contributed by atoms with Gasteiger partial charge >= 0.3 is 0 Å². The number of hydrogen-bond donors (Lipinski definition) is 2. The first-order chi connectivity index (χ1) is 11.9. The van der Waals surface area contributed by atoms with Gasteiger partial charge in [-0.15, -0.1) is 11.3 Å². The van der Waals surface area contributed by atoms with E-state index in [1.165, 1.54) is 17.4 Å². The molecular formula is C17H17F2N3O2S. The second kappa shape index (κ2) is 6.89. The molecule has 0 aliphatic carbocycles. The van der Waals surface area contributed by atoms with Gasteiger partial charge in [-0.2, -0.15) is 0 Å². The van der Waals surface area contributed by atoms with Gasteiger partial charge in [0.2, 0.25) is 0 Å². The predicted octanol–water partition coefficient (Wildman–Crippen LogP) is 2.76. The van der Waals surface area contributed by atoms with Crippen molar-refractivity contribution in [1.82, 2.24) is 4.90 Å². The molecule has 0 radical (unpaired) electrons. The number of halogens is 2. The summed E-state index contributed by atoms with van der Waals surface area (Å²) in [4.78, 5) is 27.3. The first kappa shape index (κ1) is 17.5. The van der Waals surface area contributed by atoms with Crippen LogP contribution in [-0.2, 0) is 13.0 Å². The topological polar surface area (TPSA) is 75.4 Å². The van der Waals surface area contributed by atoms with Crippen LogP contribution in [0.1, 0.15) is 38.1 Å². The minimum absolute atomic E-state index is 0.237. The van der Waals surface area contributed by atoms with Crippen molar-refractivity contribution in [2.45, 2.75) is 19.9 Å². The summed E-state index contributed by atoms with van der Waals surface area (Å²) in [5, 5.41) is 2.70. The second-order valence-electron chi connectivity index (χ2n) is 5.74. The molecule has 0 bridgehead atoms. The highest BCUT2D eigenvalue weighted by atomic mass is 32.1. The van der Waals surface area contributed by atoms with Crippen molar-refractivity contribution in [1.29, 1.82) is 0 Å².